The maximum atomic E-state index is 12.6. The molecule has 0 aromatic heterocycles. The minimum atomic E-state index is -2.94. The summed E-state index contributed by atoms with van der Waals surface area (Å²) in [5.74, 6) is 0.0689. The fourth-order valence-corrected chi connectivity index (χ4v) is 5.22. The van der Waals surface area contributed by atoms with Crippen LogP contribution in [0.15, 0.2) is 18.2 Å². The Labute approximate surface area is 146 Å². The van der Waals surface area contributed by atoms with E-state index in [-0.39, 0.29) is 34.6 Å². The number of likely N-dealkylation sites (tertiary alicyclic amines) is 1. The highest BCUT2D eigenvalue weighted by molar-refractivity contribution is 7.91. The number of rotatable bonds is 5. The average Bonchev–Trinajstić information content (AvgIpc) is 3.21. The van der Waals surface area contributed by atoms with Crippen LogP contribution in [-0.2, 0) is 9.84 Å². The normalized spacial score (nSPS) is 22.1. The highest BCUT2D eigenvalue weighted by atomic mass is 32.2. The third kappa shape index (κ3) is 4.09. The van der Waals surface area contributed by atoms with Crippen molar-refractivity contribution in [3.8, 4) is 0 Å². The van der Waals surface area contributed by atoms with Gasteiger partial charge in [0.1, 0.15) is 5.56 Å². The maximum absolute atomic E-state index is 12.6. The lowest BCUT2D eigenvalue weighted by Gasteiger charge is -2.16. The Kier molecular flexibility index (Phi) is 4.94. The summed E-state index contributed by atoms with van der Waals surface area (Å²) >= 11 is 0. The Morgan fingerprint density at radius 3 is 2.64 bits per heavy atom. The number of carbonyl (C=O) groups excluding carboxylic acids is 1. The van der Waals surface area contributed by atoms with Gasteiger partial charge < -0.3 is 10.2 Å². The summed E-state index contributed by atoms with van der Waals surface area (Å²) in [6.45, 7) is 1.70. The monoisotopic (exact) mass is 367 g/mol. The molecular weight excluding hydrogens is 346 g/mol. The molecule has 1 aromatic carbocycles. The van der Waals surface area contributed by atoms with E-state index in [1.165, 1.54) is 12.1 Å². The number of nitro benzene ring substituents is 1. The molecule has 136 valence electrons. The van der Waals surface area contributed by atoms with Crippen molar-refractivity contribution in [3.63, 3.8) is 0 Å². The minimum Gasteiger partial charge on any atom is -0.385 e. The minimum absolute atomic E-state index is 0.0259. The first-order chi connectivity index (χ1) is 11.9. The van der Waals surface area contributed by atoms with Gasteiger partial charge in [-0.15, -0.1) is 0 Å². The smallest absolute Gasteiger partial charge is 0.282 e. The van der Waals surface area contributed by atoms with E-state index in [4.69, 9.17) is 0 Å². The van der Waals surface area contributed by atoms with E-state index >= 15 is 0 Å². The molecule has 0 saturated carbocycles. The van der Waals surface area contributed by atoms with Gasteiger partial charge in [0.25, 0.3) is 11.6 Å². The Hall–Kier alpha value is -2.16. The molecule has 0 aliphatic carbocycles. The summed E-state index contributed by atoms with van der Waals surface area (Å²) in [5.41, 5.74) is 0.472. The zero-order valence-electron chi connectivity index (χ0n) is 13.8. The Morgan fingerprint density at radius 1 is 1.32 bits per heavy atom. The van der Waals surface area contributed by atoms with Crippen molar-refractivity contribution in [2.75, 3.05) is 36.5 Å². The van der Waals surface area contributed by atoms with Crippen LogP contribution in [0.25, 0.3) is 0 Å². The lowest BCUT2D eigenvalue weighted by Crippen LogP contribution is -2.28. The first-order valence-electron chi connectivity index (χ1n) is 8.38. The molecule has 1 unspecified atom stereocenters. The number of hydrogen-bond donors (Lipinski definition) is 1. The highest BCUT2D eigenvalue weighted by Crippen LogP contribution is 2.26. The third-order valence-electron chi connectivity index (χ3n) is 4.74. The quantitative estimate of drug-likeness (QED) is 0.626. The van der Waals surface area contributed by atoms with Crippen molar-refractivity contribution in [3.05, 3.63) is 33.9 Å². The van der Waals surface area contributed by atoms with Crippen LogP contribution in [-0.4, -0.2) is 55.3 Å². The van der Waals surface area contributed by atoms with Gasteiger partial charge in [-0.3, -0.25) is 14.9 Å². The lowest BCUT2D eigenvalue weighted by molar-refractivity contribution is -0.385. The van der Waals surface area contributed by atoms with Crippen molar-refractivity contribution in [2.24, 2.45) is 5.92 Å². The van der Waals surface area contributed by atoms with Crippen molar-refractivity contribution in [1.29, 1.82) is 0 Å². The largest absolute Gasteiger partial charge is 0.385 e. The van der Waals surface area contributed by atoms with Crippen LogP contribution in [0.2, 0.25) is 0 Å². The van der Waals surface area contributed by atoms with Crippen LogP contribution in [0.1, 0.15) is 29.6 Å². The lowest BCUT2D eigenvalue weighted by atomic mass is 10.1. The molecule has 3 rings (SSSR count). The highest BCUT2D eigenvalue weighted by Gasteiger charge is 2.29. The van der Waals surface area contributed by atoms with E-state index in [0.717, 1.165) is 12.8 Å². The number of amides is 1. The Bertz CT molecular complexity index is 787. The number of nitrogens with one attached hydrogen (secondary N) is 1. The van der Waals surface area contributed by atoms with Gasteiger partial charge in [0.2, 0.25) is 0 Å². The fourth-order valence-electron chi connectivity index (χ4n) is 3.36. The van der Waals surface area contributed by atoms with Crippen LogP contribution in [0.4, 0.5) is 11.4 Å². The summed E-state index contributed by atoms with van der Waals surface area (Å²) in [4.78, 5) is 24.9. The van der Waals surface area contributed by atoms with E-state index < -0.39 is 14.8 Å². The number of nitrogens with zero attached hydrogens (tertiary/aromatic N) is 2. The van der Waals surface area contributed by atoms with Gasteiger partial charge in [-0.05, 0) is 37.3 Å². The molecule has 1 amide bonds. The maximum Gasteiger partial charge on any atom is 0.282 e. The number of benzene rings is 1. The molecule has 2 aliphatic rings. The van der Waals surface area contributed by atoms with Crippen LogP contribution >= 0.6 is 0 Å². The molecule has 2 heterocycles. The number of sulfone groups is 1. The molecule has 0 bridgehead atoms. The SMILES string of the molecule is O=C(c1cc(NCC2CCS(=O)(=O)C2)ccc1[N+](=O)[O-])N1CCCC1. The number of anilines is 1. The van der Waals surface area contributed by atoms with Crippen LogP contribution in [0.3, 0.4) is 0 Å². The molecule has 9 heteroatoms. The summed E-state index contributed by atoms with van der Waals surface area (Å²) < 4.78 is 23.0. The van der Waals surface area contributed by atoms with Gasteiger partial charge in [0.05, 0.1) is 16.4 Å². The topological polar surface area (TPSA) is 110 Å². The van der Waals surface area contributed by atoms with Crippen molar-refractivity contribution in [1.82, 2.24) is 4.90 Å². The van der Waals surface area contributed by atoms with Crippen LogP contribution < -0.4 is 5.32 Å². The Balaban J connectivity index is 1.75. The summed E-state index contributed by atoms with van der Waals surface area (Å²) in [5, 5.41) is 14.4. The van der Waals surface area contributed by atoms with Gasteiger partial charge >= 0.3 is 0 Å². The molecule has 25 heavy (non-hydrogen) atoms. The fraction of sp³-hybridized carbons (Fsp3) is 0.562. The molecule has 1 N–H and O–H groups in total. The predicted octanol–water partition coefficient (Wildman–Crippen LogP) is 1.68. The summed E-state index contributed by atoms with van der Waals surface area (Å²) in [6, 6.07) is 4.39. The predicted molar refractivity (Wildman–Crippen MR) is 93.5 cm³/mol. The molecule has 8 nitrogen and oxygen atoms in total. The molecule has 1 aromatic rings. The number of hydrogen-bond acceptors (Lipinski definition) is 6. The van der Waals surface area contributed by atoms with Gasteiger partial charge in [-0.1, -0.05) is 0 Å². The molecule has 0 spiro atoms. The molecule has 2 saturated heterocycles. The Morgan fingerprint density at radius 2 is 2.04 bits per heavy atom. The average molecular weight is 367 g/mol. The molecule has 2 aliphatic heterocycles. The van der Waals surface area contributed by atoms with Gasteiger partial charge in [0.15, 0.2) is 9.84 Å². The van der Waals surface area contributed by atoms with E-state index in [0.29, 0.717) is 31.7 Å². The zero-order valence-corrected chi connectivity index (χ0v) is 14.6. The first-order valence-corrected chi connectivity index (χ1v) is 10.2. The van der Waals surface area contributed by atoms with Gasteiger partial charge in [-0.25, -0.2) is 8.42 Å². The number of carbonyl (C=O) groups is 1. The van der Waals surface area contributed by atoms with Gasteiger partial charge in [0, 0.05) is 31.4 Å². The summed E-state index contributed by atoms with van der Waals surface area (Å²) in [7, 11) is -2.94. The molecular formula is C16H21N3O5S. The molecule has 1 atom stereocenters. The molecule has 0 radical (unpaired) electrons. The first kappa shape index (κ1) is 17.7. The zero-order chi connectivity index (χ0) is 18.0. The summed E-state index contributed by atoms with van der Waals surface area (Å²) in [6.07, 6.45) is 2.43. The van der Waals surface area contributed by atoms with Crippen molar-refractivity contribution < 1.29 is 18.1 Å². The van der Waals surface area contributed by atoms with Gasteiger partial charge in [-0.2, -0.15) is 0 Å². The van der Waals surface area contributed by atoms with E-state index in [2.05, 4.69) is 5.32 Å². The third-order valence-corrected chi connectivity index (χ3v) is 6.58. The second-order valence-electron chi connectivity index (χ2n) is 6.64. The van der Waals surface area contributed by atoms with Crippen LogP contribution in [0, 0.1) is 16.0 Å². The van der Waals surface area contributed by atoms with E-state index in [9.17, 15) is 23.3 Å². The van der Waals surface area contributed by atoms with Crippen molar-refractivity contribution in [2.45, 2.75) is 19.3 Å². The standard InChI is InChI=1S/C16H21N3O5S/c20-16(18-6-1-2-7-18)14-9-13(3-4-15(14)19(21)22)17-10-12-5-8-25(23,24)11-12/h3-4,9,12,17H,1-2,5-8,10-11H2. The second-order valence-corrected chi connectivity index (χ2v) is 8.87. The van der Waals surface area contributed by atoms with E-state index in [1.54, 1.807) is 11.0 Å². The number of nitro groups is 1. The van der Waals surface area contributed by atoms with E-state index in [1.807, 2.05) is 0 Å². The van der Waals surface area contributed by atoms with Crippen LogP contribution in [0.5, 0.6) is 0 Å². The molecule has 2 fully saturated rings. The second kappa shape index (κ2) is 6.99. The van der Waals surface area contributed by atoms with Crippen molar-refractivity contribution >= 4 is 27.1 Å².